The van der Waals surface area contributed by atoms with Crippen LogP contribution in [0, 0.1) is 6.92 Å². The molecule has 0 aromatic carbocycles. The van der Waals surface area contributed by atoms with Gasteiger partial charge >= 0.3 is 0 Å². The molecule has 2 heterocycles. The Morgan fingerprint density at radius 3 is 3.06 bits per heavy atom. The first-order valence-electron chi connectivity index (χ1n) is 5.56. The Balaban J connectivity index is 1.62. The van der Waals surface area contributed by atoms with E-state index >= 15 is 0 Å². The second-order valence-electron chi connectivity index (χ2n) is 4.09. The summed E-state index contributed by atoms with van der Waals surface area (Å²) in [7, 11) is 0. The highest BCUT2D eigenvalue weighted by Gasteiger charge is 2.28. The fourth-order valence-electron chi connectivity index (χ4n) is 1.46. The van der Waals surface area contributed by atoms with Crippen LogP contribution < -0.4 is 0 Å². The third-order valence-electron chi connectivity index (χ3n) is 2.52. The van der Waals surface area contributed by atoms with Crippen molar-refractivity contribution in [1.29, 1.82) is 0 Å². The molecule has 0 saturated heterocycles. The molecule has 0 aliphatic heterocycles. The first-order valence-corrected chi connectivity index (χ1v) is 6.55. The highest BCUT2D eigenvalue weighted by molar-refractivity contribution is 7.98. The number of hydrogen-bond donors (Lipinski definition) is 0. The number of aryl methyl sites for hydroxylation is 1. The largest absolute Gasteiger partial charge is 0.338 e. The summed E-state index contributed by atoms with van der Waals surface area (Å²) in [5.74, 6) is 2.67. The molecule has 17 heavy (non-hydrogen) atoms. The molecule has 0 atom stereocenters. The van der Waals surface area contributed by atoms with Gasteiger partial charge in [0.25, 0.3) is 0 Å². The predicted octanol–water partition coefficient (Wildman–Crippen LogP) is 2.34. The lowest BCUT2D eigenvalue weighted by Gasteiger charge is -1.96. The van der Waals surface area contributed by atoms with Crippen LogP contribution in [-0.2, 0) is 5.75 Å². The Morgan fingerprint density at radius 1 is 1.41 bits per heavy atom. The van der Waals surface area contributed by atoms with E-state index in [1.807, 2.05) is 13.0 Å². The molecule has 1 fully saturated rings. The zero-order valence-corrected chi connectivity index (χ0v) is 10.3. The Hall–Kier alpha value is -1.43. The summed E-state index contributed by atoms with van der Waals surface area (Å²) >= 11 is 1.51. The van der Waals surface area contributed by atoms with Gasteiger partial charge in [-0.1, -0.05) is 16.9 Å². The molecule has 0 unspecified atom stereocenters. The third-order valence-corrected chi connectivity index (χ3v) is 3.37. The van der Waals surface area contributed by atoms with Gasteiger partial charge in [0.2, 0.25) is 5.89 Å². The van der Waals surface area contributed by atoms with Crippen LogP contribution in [-0.4, -0.2) is 20.1 Å². The van der Waals surface area contributed by atoms with Crippen LogP contribution in [0.25, 0.3) is 0 Å². The van der Waals surface area contributed by atoms with Gasteiger partial charge in [-0.3, -0.25) is 0 Å². The van der Waals surface area contributed by atoms with Gasteiger partial charge in [0, 0.05) is 17.8 Å². The Morgan fingerprint density at radius 2 is 2.29 bits per heavy atom. The van der Waals surface area contributed by atoms with Crippen molar-refractivity contribution in [3.8, 4) is 0 Å². The number of thioether (sulfide) groups is 1. The predicted molar refractivity (Wildman–Crippen MR) is 62.6 cm³/mol. The van der Waals surface area contributed by atoms with Crippen LogP contribution in [0.15, 0.2) is 21.9 Å². The molecule has 0 N–H and O–H groups in total. The van der Waals surface area contributed by atoms with Crippen molar-refractivity contribution in [2.45, 2.75) is 36.6 Å². The van der Waals surface area contributed by atoms with Gasteiger partial charge in [0.1, 0.15) is 0 Å². The van der Waals surface area contributed by atoms with Gasteiger partial charge < -0.3 is 4.52 Å². The van der Waals surface area contributed by atoms with Gasteiger partial charge in [-0.05, 0) is 25.8 Å². The van der Waals surface area contributed by atoms with E-state index in [1.54, 1.807) is 6.20 Å². The van der Waals surface area contributed by atoms with Gasteiger partial charge in [-0.25, -0.2) is 9.97 Å². The van der Waals surface area contributed by atoms with E-state index in [9.17, 15) is 0 Å². The molecular weight excluding hydrogens is 236 g/mol. The zero-order chi connectivity index (χ0) is 11.7. The fourth-order valence-corrected chi connectivity index (χ4v) is 2.17. The van der Waals surface area contributed by atoms with E-state index < -0.39 is 0 Å². The van der Waals surface area contributed by atoms with Gasteiger partial charge in [-0.2, -0.15) is 4.98 Å². The fraction of sp³-hybridized carbons (Fsp3) is 0.455. The molecule has 0 radical (unpaired) electrons. The highest BCUT2D eigenvalue weighted by atomic mass is 32.2. The Kier molecular flexibility index (Phi) is 2.80. The maximum absolute atomic E-state index is 5.18. The number of rotatable bonds is 4. The van der Waals surface area contributed by atoms with Crippen LogP contribution >= 0.6 is 11.8 Å². The summed E-state index contributed by atoms with van der Waals surface area (Å²) in [6.07, 6.45) is 4.13. The lowest BCUT2D eigenvalue weighted by atomic mass is 10.4. The molecule has 1 saturated carbocycles. The van der Waals surface area contributed by atoms with Crippen LogP contribution in [0.5, 0.6) is 0 Å². The number of hydrogen-bond acceptors (Lipinski definition) is 6. The van der Waals surface area contributed by atoms with Crippen molar-refractivity contribution in [3.05, 3.63) is 29.7 Å². The molecule has 0 amide bonds. The van der Waals surface area contributed by atoms with Crippen molar-refractivity contribution < 1.29 is 4.52 Å². The van der Waals surface area contributed by atoms with Crippen LogP contribution in [0.4, 0.5) is 0 Å². The summed E-state index contributed by atoms with van der Waals surface area (Å²) in [4.78, 5) is 12.8. The molecule has 5 nitrogen and oxygen atoms in total. The van der Waals surface area contributed by atoms with Crippen molar-refractivity contribution in [2.75, 3.05) is 0 Å². The molecule has 0 bridgehead atoms. The minimum Gasteiger partial charge on any atom is -0.338 e. The average Bonchev–Trinajstić information content (AvgIpc) is 3.07. The van der Waals surface area contributed by atoms with E-state index in [0.29, 0.717) is 17.6 Å². The standard InChI is InChI=1S/C11H12N4OS/c1-7-4-5-12-11(13-7)17-6-9-14-10(15-16-9)8-2-3-8/h4-5,8H,2-3,6H2,1H3. The SMILES string of the molecule is Cc1ccnc(SCc2nc(C3CC3)no2)n1. The van der Waals surface area contributed by atoms with Gasteiger partial charge in [0.05, 0.1) is 5.75 Å². The highest BCUT2D eigenvalue weighted by Crippen LogP contribution is 2.38. The smallest absolute Gasteiger partial charge is 0.237 e. The second kappa shape index (κ2) is 4.44. The molecule has 88 valence electrons. The van der Waals surface area contributed by atoms with E-state index in [-0.39, 0.29) is 0 Å². The van der Waals surface area contributed by atoms with Crippen molar-refractivity contribution in [2.24, 2.45) is 0 Å². The van der Waals surface area contributed by atoms with E-state index in [0.717, 1.165) is 16.7 Å². The van der Waals surface area contributed by atoms with E-state index in [1.165, 1.54) is 24.6 Å². The summed E-state index contributed by atoms with van der Waals surface area (Å²) < 4.78 is 5.18. The maximum atomic E-state index is 5.18. The molecule has 2 aromatic heterocycles. The third kappa shape index (κ3) is 2.63. The minimum absolute atomic E-state index is 0.535. The first-order chi connectivity index (χ1) is 8.31. The molecular formula is C11H12N4OS. The first kappa shape index (κ1) is 10.7. The lowest BCUT2D eigenvalue weighted by Crippen LogP contribution is -1.89. The summed E-state index contributed by atoms with van der Waals surface area (Å²) in [6.45, 7) is 1.95. The summed E-state index contributed by atoms with van der Waals surface area (Å²) in [5, 5.41) is 4.71. The van der Waals surface area contributed by atoms with Crippen molar-refractivity contribution in [1.82, 2.24) is 20.1 Å². The quantitative estimate of drug-likeness (QED) is 0.611. The Labute approximate surface area is 103 Å². The molecule has 1 aliphatic rings. The molecule has 3 rings (SSSR count). The normalized spacial score (nSPS) is 15.1. The summed E-state index contributed by atoms with van der Waals surface area (Å²) in [5.41, 5.74) is 0.965. The summed E-state index contributed by atoms with van der Waals surface area (Å²) in [6, 6.07) is 1.88. The number of nitrogens with zero attached hydrogens (tertiary/aromatic N) is 4. The van der Waals surface area contributed by atoms with E-state index in [2.05, 4.69) is 20.1 Å². The number of aromatic nitrogens is 4. The van der Waals surface area contributed by atoms with Gasteiger partial charge in [-0.15, -0.1) is 0 Å². The maximum Gasteiger partial charge on any atom is 0.237 e. The monoisotopic (exact) mass is 248 g/mol. The van der Waals surface area contributed by atoms with Crippen LogP contribution in [0.3, 0.4) is 0 Å². The topological polar surface area (TPSA) is 64.7 Å². The molecule has 0 spiro atoms. The van der Waals surface area contributed by atoms with Crippen molar-refractivity contribution >= 4 is 11.8 Å². The molecule has 6 heteroatoms. The van der Waals surface area contributed by atoms with Crippen LogP contribution in [0.1, 0.15) is 36.2 Å². The van der Waals surface area contributed by atoms with Gasteiger partial charge in [0.15, 0.2) is 11.0 Å². The molecule has 2 aromatic rings. The van der Waals surface area contributed by atoms with E-state index in [4.69, 9.17) is 4.52 Å². The molecule has 1 aliphatic carbocycles. The minimum atomic E-state index is 0.535. The lowest BCUT2D eigenvalue weighted by molar-refractivity contribution is 0.385. The van der Waals surface area contributed by atoms with Crippen LogP contribution in [0.2, 0.25) is 0 Å². The second-order valence-corrected chi connectivity index (χ2v) is 5.03. The average molecular weight is 248 g/mol. The zero-order valence-electron chi connectivity index (χ0n) is 9.46. The van der Waals surface area contributed by atoms with Crippen molar-refractivity contribution in [3.63, 3.8) is 0 Å². The Bertz CT molecular complexity index is 524.